The molecule has 1 saturated heterocycles. The summed E-state index contributed by atoms with van der Waals surface area (Å²) in [5.74, 6) is -0.0792. The van der Waals surface area contributed by atoms with Gasteiger partial charge >= 0.3 is 0 Å². The summed E-state index contributed by atoms with van der Waals surface area (Å²) < 4.78 is 37.1. The monoisotopic (exact) mass is 349 g/mol. The van der Waals surface area contributed by atoms with Crippen LogP contribution in [0.4, 0.5) is 8.78 Å². The number of morpholine rings is 1. The average Bonchev–Trinajstić information content (AvgIpc) is 2.62. The molecule has 2 aromatic carbocycles. The van der Waals surface area contributed by atoms with Gasteiger partial charge in [-0.25, -0.2) is 8.78 Å². The first-order valence-corrected chi connectivity index (χ1v) is 8.26. The predicted molar refractivity (Wildman–Crippen MR) is 89.4 cm³/mol. The van der Waals surface area contributed by atoms with Crippen molar-refractivity contribution >= 4 is 0 Å². The molecule has 1 heterocycles. The van der Waals surface area contributed by atoms with Crippen molar-refractivity contribution in [2.45, 2.75) is 12.2 Å². The summed E-state index contributed by atoms with van der Waals surface area (Å²) in [5, 5.41) is 10.2. The maximum Gasteiger partial charge on any atom is 0.123 e. The number of halogens is 2. The summed E-state index contributed by atoms with van der Waals surface area (Å²) in [4.78, 5) is 2.09. The molecule has 1 fully saturated rings. The molecular weight excluding hydrogens is 328 g/mol. The zero-order valence-electron chi connectivity index (χ0n) is 13.8. The number of ether oxygens (including phenoxy) is 2. The van der Waals surface area contributed by atoms with Gasteiger partial charge in [0.05, 0.1) is 12.7 Å². The van der Waals surface area contributed by atoms with Crippen molar-refractivity contribution in [2.75, 3.05) is 32.8 Å². The Morgan fingerprint density at radius 2 is 1.72 bits per heavy atom. The van der Waals surface area contributed by atoms with E-state index in [-0.39, 0.29) is 24.3 Å². The van der Waals surface area contributed by atoms with Crippen molar-refractivity contribution in [2.24, 2.45) is 0 Å². The number of aliphatic hydroxyl groups is 1. The van der Waals surface area contributed by atoms with Gasteiger partial charge < -0.3 is 14.6 Å². The highest BCUT2D eigenvalue weighted by Gasteiger charge is 2.23. The van der Waals surface area contributed by atoms with Gasteiger partial charge in [0.2, 0.25) is 0 Å². The molecule has 0 bridgehead atoms. The Kier molecular flexibility index (Phi) is 5.96. The van der Waals surface area contributed by atoms with Crippen molar-refractivity contribution in [1.82, 2.24) is 4.90 Å². The van der Waals surface area contributed by atoms with Crippen molar-refractivity contribution in [3.05, 3.63) is 65.7 Å². The van der Waals surface area contributed by atoms with Gasteiger partial charge in [-0.2, -0.15) is 0 Å². The Bertz CT molecular complexity index is 663. The molecule has 1 aliphatic rings. The van der Waals surface area contributed by atoms with E-state index in [9.17, 15) is 13.9 Å². The van der Waals surface area contributed by atoms with Crippen LogP contribution in [0.1, 0.15) is 11.7 Å². The maximum atomic E-state index is 13.0. The van der Waals surface area contributed by atoms with E-state index in [1.54, 1.807) is 12.1 Å². The van der Waals surface area contributed by atoms with Crippen LogP contribution in [0.2, 0.25) is 0 Å². The number of aliphatic hydroxyl groups excluding tert-OH is 1. The van der Waals surface area contributed by atoms with E-state index < -0.39 is 6.10 Å². The molecule has 1 aliphatic heterocycles. The van der Waals surface area contributed by atoms with Gasteiger partial charge in [-0.1, -0.05) is 12.1 Å². The quantitative estimate of drug-likeness (QED) is 0.871. The van der Waals surface area contributed by atoms with Crippen molar-refractivity contribution < 1.29 is 23.4 Å². The normalized spacial score (nSPS) is 19.6. The first kappa shape index (κ1) is 17.8. The third-order valence-corrected chi connectivity index (χ3v) is 4.12. The topological polar surface area (TPSA) is 41.9 Å². The van der Waals surface area contributed by atoms with E-state index in [1.807, 2.05) is 0 Å². The predicted octanol–water partition coefficient (Wildman–Crippen LogP) is 2.78. The van der Waals surface area contributed by atoms with Crippen LogP contribution in [-0.2, 0) is 4.74 Å². The van der Waals surface area contributed by atoms with E-state index in [4.69, 9.17) is 9.47 Å². The Morgan fingerprint density at radius 1 is 1.08 bits per heavy atom. The van der Waals surface area contributed by atoms with Crippen LogP contribution in [0.25, 0.3) is 0 Å². The molecule has 0 aliphatic carbocycles. The van der Waals surface area contributed by atoms with Crippen LogP contribution < -0.4 is 4.74 Å². The number of benzene rings is 2. The number of β-amino-alcohol motifs (C(OH)–C–C–N with tert-alkyl or cyclic N) is 1. The number of hydrogen-bond acceptors (Lipinski definition) is 4. The van der Waals surface area contributed by atoms with E-state index >= 15 is 0 Å². The third-order valence-electron chi connectivity index (χ3n) is 4.12. The second kappa shape index (κ2) is 8.38. The zero-order chi connectivity index (χ0) is 17.6. The Labute approximate surface area is 145 Å². The standard InChI is InChI=1S/C19H21F2NO3/c20-15-3-1-14(2-4-15)19-12-22(9-10-24-19)11-17(23)13-25-18-7-5-16(21)6-8-18/h1-8,17,19,23H,9-13H2. The molecule has 134 valence electrons. The van der Waals surface area contributed by atoms with Gasteiger partial charge in [0.15, 0.2) is 0 Å². The molecule has 0 aromatic heterocycles. The lowest BCUT2D eigenvalue weighted by atomic mass is 10.1. The van der Waals surface area contributed by atoms with E-state index in [0.717, 1.165) is 5.56 Å². The van der Waals surface area contributed by atoms with E-state index in [0.29, 0.717) is 32.0 Å². The van der Waals surface area contributed by atoms with Crippen LogP contribution >= 0.6 is 0 Å². The lowest BCUT2D eigenvalue weighted by molar-refractivity contribution is -0.0459. The summed E-state index contributed by atoms with van der Waals surface area (Å²) in [6.45, 7) is 2.46. The lowest BCUT2D eigenvalue weighted by Gasteiger charge is -2.34. The molecular formula is C19H21F2NO3. The second-order valence-electron chi connectivity index (χ2n) is 6.09. The second-order valence-corrected chi connectivity index (χ2v) is 6.09. The largest absolute Gasteiger partial charge is 0.491 e. The van der Waals surface area contributed by atoms with Crippen LogP contribution in [-0.4, -0.2) is 49.0 Å². The summed E-state index contributed by atoms with van der Waals surface area (Å²) in [5.41, 5.74) is 0.920. The number of hydrogen-bond donors (Lipinski definition) is 1. The molecule has 2 aromatic rings. The molecule has 0 spiro atoms. The summed E-state index contributed by atoms with van der Waals surface area (Å²) >= 11 is 0. The first-order valence-electron chi connectivity index (χ1n) is 8.26. The molecule has 0 amide bonds. The Morgan fingerprint density at radius 3 is 2.40 bits per heavy atom. The highest BCUT2D eigenvalue weighted by atomic mass is 19.1. The molecule has 2 unspecified atom stereocenters. The SMILES string of the molecule is OC(COc1ccc(F)cc1)CN1CCOC(c2ccc(F)cc2)C1. The lowest BCUT2D eigenvalue weighted by Crippen LogP contribution is -2.43. The molecule has 0 saturated carbocycles. The molecule has 6 heteroatoms. The summed E-state index contributed by atoms with van der Waals surface area (Å²) in [6, 6.07) is 12.0. The first-order chi connectivity index (χ1) is 12.1. The van der Waals surface area contributed by atoms with Gasteiger partial charge in [-0.3, -0.25) is 4.90 Å². The van der Waals surface area contributed by atoms with Gasteiger partial charge in [0.1, 0.15) is 30.1 Å². The molecule has 25 heavy (non-hydrogen) atoms. The minimum atomic E-state index is -0.669. The fraction of sp³-hybridized carbons (Fsp3) is 0.368. The highest BCUT2D eigenvalue weighted by Crippen LogP contribution is 2.22. The Balaban J connectivity index is 1.48. The van der Waals surface area contributed by atoms with Gasteiger partial charge in [0.25, 0.3) is 0 Å². The minimum Gasteiger partial charge on any atom is -0.491 e. The summed E-state index contributed by atoms with van der Waals surface area (Å²) in [6.07, 6.45) is -0.809. The fourth-order valence-corrected chi connectivity index (χ4v) is 2.82. The minimum absolute atomic E-state index is 0.129. The third kappa shape index (κ3) is 5.22. The van der Waals surface area contributed by atoms with Crippen LogP contribution in [0, 0.1) is 11.6 Å². The maximum absolute atomic E-state index is 13.0. The molecule has 0 radical (unpaired) electrons. The summed E-state index contributed by atoms with van der Waals surface area (Å²) in [7, 11) is 0. The Hall–Kier alpha value is -2.02. The zero-order valence-corrected chi connectivity index (χ0v) is 13.8. The number of nitrogens with zero attached hydrogens (tertiary/aromatic N) is 1. The van der Waals surface area contributed by atoms with Crippen molar-refractivity contribution in [3.8, 4) is 5.75 Å². The highest BCUT2D eigenvalue weighted by molar-refractivity contribution is 5.22. The molecule has 1 N–H and O–H groups in total. The molecule has 4 nitrogen and oxygen atoms in total. The molecule has 2 atom stereocenters. The van der Waals surface area contributed by atoms with Gasteiger partial charge in [-0.15, -0.1) is 0 Å². The van der Waals surface area contributed by atoms with E-state index in [2.05, 4.69) is 4.90 Å². The van der Waals surface area contributed by atoms with E-state index in [1.165, 1.54) is 36.4 Å². The van der Waals surface area contributed by atoms with Crippen molar-refractivity contribution in [3.63, 3.8) is 0 Å². The average molecular weight is 349 g/mol. The molecule has 3 rings (SSSR count). The van der Waals surface area contributed by atoms with Crippen molar-refractivity contribution in [1.29, 1.82) is 0 Å². The van der Waals surface area contributed by atoms with Crippen LogP contribution in [0.5, 0.6) is 5.75 Å². The van der Waals surface area contributed by atoms with Gasteiger partial charge in [-0.05, 0) is 42.0 Å². The van der Waals surface area contributed by atoms with Gasteiger partial charge in [0, 0.05) is 19.6 Å². The van der Waals surface area contributed by atoms with Crippen LogP contribution in [0.3, 0.4) is 0 Å². The number of rotatable bonds is 6. The smallest absolute Gasteiger partial charge is 0.123 e. The van der Waals surface area contributed by atoms with Crippen LogP contribution in [0.15, 0.2) is 48.5 Å². The fourth-order valence-electron chi connectivity index (χ4n) is 2.82.